The first-order chi connectivity index (χ1) is 4.52. The summed E-state index contributed by atoms with van der Waals surface area (Å²) in [5.41, 5.74) is -0.500. The van der Waals surface area contributed by atoms with E-state index in [4.69, 9.17) is 5.26 Å². The molecule has 56 valence electrons. The van der Waals surface area contributed by atoms with Crippen molar-refractivity contribution in [2.75, 3.05) is 6.26 Å². The minimum atomic E-state index is -0.500. The first kappa shape index (κ1) is 9.51. The summed E-state index contributed by atoms with van der Waals surface area (Å²) in [6.45, 7) is 3.53. The fourth-order valence-electron chi connectivity index (χ4n) is 0.473. The molecular formula is C7H11NOS. The van der Waals surface area contributed by atoms with Gasteiger partial charge in [-0.3, -0.25) is 4.79 Å². The summed E-state index contributed by atoms with van der Waals surface area (Å²) in [7, 11) is 0. The van der Waals surface area contributed by atoms with Crippen LogP contribution in [0.2, 0.25) is 0 Å². The van der Waals surface area contributed by atoms with Crippen LogP contribution in [0.15, 0.2) is 0 Å². The molecule has 0 rings (SSSR count). The summed E-state index contributed by atoms with van der Waals surface area (Å²) in [6, 6.07) is 2.07. The summed E-state index contributed by atoms with van der Waals surface area (Å²) in [5, 5.41) is 8.60. The van der Waals surface area contributed by atoms with Gasteiger partial charge in [-0.25, -0.2) is 0 Å². The van der Waals surface area contributed by atoms with Crippen LogP contribution in [-0.4, -0.2) is 11.4 Å². The van der Waals surface area contributed by atoms with Crippen LogP contribution in [0.4, 0.5) is 0 Å². The number of hydrogen-bond donors (Lipinski definition) is 0. The average Bonchev–Trinajstić information content (AvgIpc) is 1.87. The molecule has 0 unspecified atom stereocenters. The largest absolute Gasteiger partial charge is 0.287 e. The Kier molecular flexibility index (Phi) is 3.45. The van der Waals surface area contributed by atoms with Gasteiger partial charge in [0.2, 0.25) is 0 Å². The highest BCUT2D eigenvalue weighted by atomic mass is 32.2. The molecule has 0 spiro atoms. The van der Waals surface area contributed by atoms with Crippen LogP contribution >= 0.6 is 11.8 Å². The molecule has 0 aromatic carbocycles. The number of hydrogen-bond acceptors (Lipinski definition) is 3. The third-order valence-electron chi connectivity index (χ3n) is 1.12. The highest BCUT2D eigenvalue weighted by Crippen LogP contribution is 2.21. The minimum absolute atomic E-state index is 0.0755. The third kappa shape index (κ3) is 3.52. The Balaban J connectivity index is 3.92. The molecule has 0 atom stereocenters. The summed E-state index contributed by atoms with van der Waals surface area (Å²) in [6.07, 6.45) is 2.07. The lowest BCUT2D eigenvalue weighted by molar-refractivity contribution is -0.112. The van der Waals surface area contributed by atoms with Crippen LogP contribution in [0.1, 0.15) is 20.3 Å². The Morgan fingerprint density at radius 2 is 2.20 bits per heavy atom. The molecule has 10 heavy (non-hydrogen) atoms. The maximum atomic E-state index is 10.8. The summed E-state index contributed by atoms with van der Waals surface area (Å²) >= 11 is 1.18. The molecule has 0 amide bonds. The lowest BCUT2D eigenvalue weighted by Gasteiger charge is -2.11. The van der Waals surface area contributed by atoms with E-state index >= 15 is 0 Å². The predicted octanol–water partition coefficient (Wildman–Crippen LogP) is 1.82. The molecule has 0 saturated heterocycles. The van der Waals surface area contributed by atoms with Crippen LogP contribution in [0.25, 0.3) is 0 Å². The van der Waals surface area contributed by atoms with E-state index in [-0.39, 0.29) is 5.12 Å². The number of nitriles is 1. The van der Waals surface area contributed by atoms with Gasteiger partial charge >= 0.3 is 0 Å². The quantitative estimate of drug-likeness (QED) is 0.614. The molecule has 0 saturated carbocycles. The number of carbonyl (C=O) groups is 1. The molecule has 0 heterocycles. The highest BCUT2D eigenvalue weighted by Gasteiger charge is 2.20. The van der Waals surface area contributed by atoms with Crippen molar-refractivity contribution in [3.05, 3.63) is 0 Å². The molecule has 0 radical (unpaired) electrons. The fourth-order valence-corrected chi connectivity index (χ4v) is 0.978. The molecule has 0 aromatic rings. The monoisotopic (exact) mass is 157 g/mol. The summed E-state index contributed by atoms with van der Waals surface area (Å²) in [4.78, 5) is 10.8. The van der Waals surface area contributed by atoms with Crippen molar-refractivity contribution in [3.63, 3.8) is 0 Å². The van der Waals surface area contributed by atoms with Crippen molar-refractivity contribution < 1.29 is 4.79 Å². The third-order valence-corrected chi connectivity index (χ3v) is 1.72. The van der Waals surface area contributed by atoms with Crippen LogP contribution in [0, 0.1) is 16.7 Å². The van der Waals surface area contributed by atoms with Crippen LogP contribution in [0.3, 0.4) is 0 Å². The number of thioether (sulfide) groups is 1. The number of carbonyl (C=O) groups excluding carboxylic acids is 1. The van der Waals surface area contributed by atoms with Gasteiger partial charge in [0.1, 0.15) is 0 Å². The van der Waals surface area contributed by atoms with Gasteiger partial charge in [-0.1, -0.05) is 11.8 Å². The van der Waals surface area contributed by atoms with Crippen molar-refractivity contribution in [1.29, 1.82) is 5.26 Å². The highest BCUT2D eigenvalue weighted by molar-refractivity contribution is 8.13. The molecule has 0 bridgehead atoms. The molecule has 0 aliphatic heterocycles. The van der Waals surface area contributed by atoms with Crippen molar-refractivity contribution in [3.8, 4) is 6.07 Å². The van der Waals surface area contributed by atoms with E-state index in [1.807, 2.05) is 0 Å². The van der Waals surface area contributed by atoms with Crippen LogP contribution < -0.4 is 0 Å². The number of rotatable bonds is 2. The Hall–Kier alpha value is -0.490. The standard InChI is InChI=1S/C7H11NOS/c1-7(2,5-8)4-6(9)10-3/h4H2,1-3H3. The first-order valence-electron chi connectivity index (χ1n) is 3.00. The molecular weight excluding hydrogens is 146 g/mol. The van der Waals surface area contributed by atoms with Crippen LogP contribution in [0.5, 0.6) is 0 Å². The Morgan fingerprint density at radius 1 is 1.70 bits per heavy atom. The minimum Gasteiger partial charge on any atom is -0.287 e. The van der Waals surface area contributed by atoms with Crippen LogP contribution in [-0.2, 0) is 4.79 Å². The zero-order valence-electron chi connectivity index (χ0n) is 6.47. The lowest BCUT2D eigenvalue weighted by atomic mass is 9.92. The molecule has 0 aliphatic rings. The summed E-state index contributed by atoms with van der Waals surface area (Å²) < 4.78 is 0. The van der Waals surface area contributed by atoms with E-state index in [1.165, 1.54) is 11.8 Å². The van der Waals surface area contributed by atoms with Crippen molar-refractivity contribution >= 4 is 16.9 Å². The van der Waals surface area contributed by atoms with Gasteiger partial charge in [0.05, 0.1) is 11.5 Å². The zero-order valence-corrected chi connectivity index (χ0v) is 7.29. The van der Waals surface area contributed by atoms with Gasteiger partial charge in [0.25, 0.3) is 0 Å². The second-order valence-corrected chi connectivity index (χ2v) is 3.61. The lowest BCUT2D eigenvalue weighted by Crippen LogP contribution is -2.12. The van der Waals surface area contributed by atoms with Gasteiger partial charge < -0.3 is 0 Å². The molecule has 0 aliphatic carbocycles. The normalized spacial score (nSPS) is 10.6. The maximum absolute atomic E-state index is 10.8. The molecule has 2 nitrogen and oxygen atoms in total. The van der Waals surface area contributed by atoms with E-state index in [2.05, 4.69) is 6.07 Å². The van der Waals surface area contributed by atoms with Gasteiger partial charge in [-0.15, -0.1) is 0 Å². The van der Waals surface area contributed by atoms with Crippen molar-refractivity contribution in [2.24, 2.45) is 5.41 Å². The van der Waals surface area contributed by atoms with E-state index in [9.17, 15) is 4.79 Å². The van der Waals surface area contributed by atoms with Gasteiger partial charge in [-0.05, 0) is 20.1 Å². The molecule has 3 heteroatoms. The van der Waals surface area contributed by atoms with E-state index in [0.29, 0.717) is 6.42 Å². The summed E-state index contributed by atoms with van der Waals surface area (Å²) in [5.74, 6) is 0. The Bertz CT molecular complexity index is 169. The Labute approximate surface area is 65.6 Å². The second kappa shape index (κ2) is 3.62. The van der Waals surface area contributed by atoms with Gasteiger partial charge in [0.15, 0.2) is 5.12 Å². The van der Waals surface area contributed by atoms with Crippen molar-refractivity contribution in [2.45, 2.75) is 20.3 Å². The second-order valence-electron chi connectivity index (χ2n) is 2.75. The van der Waals surface area contributed by atoms with E-state index in [0.717, 1.165) is 0 Å². The maximum Gasteiger partial charge on any atom is 0.190 e. The first-order valence-corrected chi connectivity index (χ1v) is 4.22. The fraction of sp³-hybridized carbons (Fsp3) is 0.714. The molecule has 0 fully saturated rings. The molecule has 0 aromatic heterocycles. The number of nitrogens with zero attached hydrogens (tertiary/aromatic N) is 1. The van der Waals surface area contributed by atoms with Gasteiger partial charge in [-0.2, -0.15) is 5.26 Å². The zero-order chi connectivity index (χ0) is 8.20. The topological polar surface area (TPSA) is 40.9 Å². The smallest absolute Gasteiger partial charge is 0.190 e. The predicted molar refractivity (Wildman–Crippen MR) is 42.5 cm³/mol. The van der Waals surface area contributed by atoms with Crippen molar-refractivity contribution in [1.82, 2.24) is 0 Å². The SMILES string of the molecule is CSC(=O)CC(C)(C)C#N. The van der Waals surface area contributed by atoms with Gasteiger partial charge in [0, 0.05) is 6.42 Å². The van der Waals surface area contributed by atoms with E-state index in [1.54, 1.807) is 20.1 Å². The van der Waals surface area contributed by atoms with E-state index < -0.39 is 5.41 Å². The Morgan fingerprint density at radius 3 is 2.50 bits per heavy atom. The molecule has 0 N–H and O–H groups in total. The average molecular weight is 157 g/mol.